The van der Waals surface area contributed by atoms with Crippen LogP contribution in [0.25, 0.3) is 0 Å². The first-order chi connectivity index (χ1) is 10.7. The molecule has 0 aliphatic carbocycles. The molecular formula is C17H17BrN2O2. The fourth-order valence-corrected chi connectivity index (χ4v) is 1.97. The van der Waals surface area contributed by atoms with E-state index in [1.807, 2.05) is 36.4 Å². The van der Waals surface area contributed by atoms with E-state index < -0.39 is 0 Å². The number of amides is 1. The molecule has 0 unspecified atom stereocenters. The molecule has 1 N–H and O–H groups in total. The molecule has 0 aliphatic heterocycles. The van der Waals surface area contributed by atoms with Crippen LogP contribution in [-0.2, 0) is 0 Å². The van der Waals surface area contributed by atoms with E-state index in [0.29, 0.717) is 12.2 Å². The predicted octanol–water partition coefficient (Wildman–Crippen LogP) is 4.00. The van der Waals surface area contributed by atoms with Gasteiger partial charge < -0.3 is 4.74 Å². The van der Waals surface area contributed by atoms with Gasteiger partial charge in [-0.15, -0.1) is 0 Å². The summed E-state index contributed by atoms with van der Waals surface area (Å²) in [7, 11) is 0. The topological polar surface area (TPSA) is 50.7 Å². The average molecular weight is 361 g/mol. The van der Waals surface area contributed by atoms with Crippen LogP contribution >= 0.6 is 15.9 Å². The Bertz CT molecular complexity index is 637. The van der Waals surface area contributed by atoms with Crippen molar-refractivity contribution >= 4 is 28.1 Å². The van der Waals surface area contributed by atoms with E-state index in [1.165, 1.54) is 0 Å². The Morgan fingerprint density at radius 2 is 1.86 bits per heavy atom. The number of hydrogen-bond acceptors (Lipinski definition) is 3. The third-order valence-corrected chi connectivity index (χ3v) is 3.37. The molecule has 0 saturated heterocycles. The van der Waals surface area contributed by atoms with Gasteiger partial charge in [0.2, 0.25) is 0 Å². The number of hydrazone groups is 1. The minimum absolute atomic E-state index is 0.244. The van der Waals surface area contributed by atoms with E-state index in [9.17, 15) is 4.79 Å². The number of rotatable bonds is 6. The highest BCUT2D eigenvalue weighted by Crippen LogP contribution is 2.12. The van der Waals surface area contributed by atoms with E-state index in [1.54, 1.807) is 18.3 Å². The zero-order chi connectivity index (χ0) is 15.8. The normalized spacial score (nSPS) is 10.6. The molecule has 2 rings (SSSR count). The van der Waals surface area contributed by atoms with Crippen LogP contribution in [0.5, 0.6) is 5.75 Å². The second kappa shape index (κ2) is 8.34. The van der Waals surface area contributed by atoms with Crippen LogP contribution in [0.2, 0.25) is 0 Å². The fourth-order valence-electron chi connectivity index (χ4n) is 1.70. The maximum absolute atomic E-state index is 11.9. The van der Waals surface area contributed by atoms with E-state index in [-0.39, 0.29) is 5.91 Å². The Morgan fingerprint density at radius 3 is 2.50 bits per heavy atom. The summed E-state index contributed by atoms with van der Waals surface area (Å²) in [6.45, 7) is 2.77. The van der Waals surface area contributed by atoms with Gasteiger partial charge in [-0.05, 0) is 60.5 Å². The van der Waals surface area contributed by atoms with Crippen molar-refractivity contribution < 1.29 is 9.53 Å². The summed E-state index contributed by atoms with van der Waals surface area (Å²) >= 11 is 3.33. The maximum atomic E-state index is 11.9. The Balaban J connectivity index is 1.89. The largest absolute Gasteiger partial charge is 0.494 e. The number of carbonyl (C=O) groups is 1. The molecule has 22 heavy (non-hydrogen) atoms. The lowest BCUT2D eigenvalue weighted by Crippen LogP contribution is -2.17. The van der Waals surface area contributed by atoms with Crippen LogP contribution < -0.4 is 10.2 Å². The molecule has 0 heterocycles. The summed E-state index contributed by atoms with van der Waals surface area (Å²) < 4.78 is 6.43. The maximum Gasteiger partial charge on any atom is 0.271 e. The van der Waals surface area contributed by atoms with Gasteiger partial charge >= 0.3 is 0 Å². The molecule has 114 valence electrons. The molecular weight excluding hydrogens is 344 g/mol. The van der Waals surface area contributed by atoms with Gasteiger partial charge in [0.15, 0.2) is 0 Å². The van der Waals surface area contributed by atoms with Crippen LogP contribution in [0.15, 0.2) is 58.1 Å². The van der Waals surface area contributed by atoms with Crippen molar-refractivity contribution in [2.45, 2.75) is 13.3 Å². The zero-order valence-corrected chi connectivity index (χ0v) is 13.8. The van der Waals surface area contributed by atoms with E-state index >= 15 is 0 Å². The molecule has 0 spiro atoms. The Hall–Kier alpha value is -2.14. The van der Waals surface area contributed by atoms with Gasteiger partial charge in [0.1, 0.15) is 5.75 Å². The van der Waals surface area contributed by atoms with Crippen LogP contribution in [0.4, 0.5) is 0 Å². The molecule has 0 fully saturated rings. The predicted molar refractivity (Wildman–Crippen MR) is 91.4 cm³/mol. The molecule has 0 atom stereocenters. The van der Waals surface area contributed by atoms with Crippen molar-refractivity contribution in [2.75, 3.05) is 6.61 Å². The number of halogens is 1. The smallest absolute Gasteiger partial charge is 0.271 e. The Morgan fingerprint density at radius 1 is 1.18 bits per heavy atom. The number of hydrogen-bond donors (Lipinski definition) is 1. The molecule has 0 radical (unpaired) electrons. The lowest BCUT2D eigenvalue weighted by Gasteiger charge is -2.04. The number of nitrogens with zero attached hydrogens (tertiary/aromatic N) is 1. The zero-order valence-electron chi connectivity index (χ0n) is 12.3. The number of benzene rings is 2. The monoisotopic (exact) mass is 360 g/mol. The quantitative estimate of drug-likeness (QED) is 0.625. The summed E-state index contributed by atoms with van der Waals surface area (Å²) in [6.07, 6.45) is 2.58. The van der Waals surface area contributed by atoms with Gasteiger partial charge in [-0.1, -0.05) is 22.9 Å². The lowest BCUT2D eigenvalue weighted by atomic mass is 10.2. The van der Waals surface area contributed by atoms with Gasteiger partial charge in [0, 0.05) is 10.0 Å². The van der Waals surface area contributed by atoms with Crippen molar-refractivity contribution in [3.8, 4) is 5.75 Å². The number of nitrogens with one attached hydrogen (secondary N) is 1. The standard InChI is InChI=1S/C17H17BrN2O2/c1-2-11-22-16-9-3-13(4-10-16)12-19-20-17(21)14-5-7-15(18)8-6-14/h3-10,12H,2,11H2,1H3,(H,20,21)/b19-12-. The molecule has 1 amide bonds. The fraction of sp³-hybridized carbons (Fsp3) is 0.176. The molecule has 5 heteroatoms. The second-order valence-corrected chi connectivity index (χ2v) is 5.54. The molecule has 0 aliphatic rings. The highest BCUT2D eigenvalue weighted by Gasteiger charge is 2.02. The first kappa shape index (κ1) is 16.2. The number of carbonyl (C=O) groups excluding carboxylic acids is 1. The molecule has 0 aromatic heterocycles. The van der Waals surface area contributed by atoms with Gasteiger partial charge in [-0.3, -0.25) is 4.79 Å². The van der Waals surface area contributed by atoms with Gasteiger partial charge in [-0.2, -0.15) is 5.10 Å². The van der Waals surface area contributed by atoms with Crippen molar-refractivity contribution in [3.05, 3.63) is 64.1 Å². The minimum atomic E-state index is -0.244. The second-order valence-electron chi connectivity index (χ2n) is 4.62. The van der Waals surface area contributed by atoms with Crippen LogP contribution in [-0.4, -0.2) is 18.7 Å². The Labute approximate surface area is 138 Å². The molecule has 4 nitrogen and oxygen atoms in total. The van der Waals surface area contributed by atoms with Crippen molar-refractivity contribution in [1.82, 2.24) is 5.43 Å². The van der Waals surface area contributed by atoms with Gasteiger partial charge in [0.25, 0.3) is 5.91 Å². The van der Waals surface area contributed by atoms with Gasteiger partial charge in [0.05, 0.1) is 12.8 Å². The van der Waals surface area contributed by atoms with Crippen molar-refractivity contribution in [2.24, 2.45) is 5.10 Å². The third-order valence-electron chi connectivity index (χ3n) is 2.84. The van der Waals surface area contributed by atoms with E-state index in [0.717, 1.165) is 22.2 Å². The molecule has 0 bridgehead atoms. The SMILES string of the molecule is CCCOc1ccc(/C=N\NC(=O)c2ccc(Br)cc2)cc1. The van der Waals surface area contributed by atoms with Crippen LogP contribution in [0.1, 0.15) is 29.3 Å². The summed E-state index contributed by atoms with van der Waals surface area (Å²) in [5.41, 5.74) is 3.95. The van der Waals surface area contributed by atoms with Gasteiger partial charge in [-0.25, -0.2) is 5.43 Å². The first-order valence-corrected chi connectivity index (χ1v) is 7.80. The Kier molecular flexibility index (Phi) is 6.15. The van der Waals surface area contributed by atoms with Crippen molar-refractivity contribution in [3.63, 3.8) is 0 Å². The average Bonchev–Trinajstić information content (AvgIpc) is 2.54. The summed E-state index contributed by atoms with van der Waals surface area (Å²) in [5, 5.41) is 3.96. The summed E-state index contributed by atoms with van der Waals surface area (Å²) in [6, 6.07) is 14.6. The summed E-state index contributed by atoms with van der Waals surface area (Å²) in [4.78, 5) is 11.9. The summed E-state index contributed by atoms with van der Waals surface area (Å²) in [5.74, 6) is 0.588. The number of ether oxygens (including phenoxy) is 1. The third kappa shape index (κ3) is 5.00. The molecule has 2 aromatic rings. The molecule has 2 aromatic carbocycles. The highest BCUT2D eigenvalue weighted by molar-refractivity contribution is 9.10. The first-order valence-electron chi connectivity index (χ1n) is 7.01. The van der Waals surface area contributed by atoms with E-state index in [4.69, 9.17) is 4.74 Å². The minimum Gasteiger partial charge on any atom is -0.494 e. The molecule has 0 saturated carbocycles. The van der Waals surface area contributed by atoms with Crippen LogP contribution in [0.3, 0.4) is 0 Å². The van der Waals surface area contributed by atoms with Crippen molar-refractivity contribution in [1.29, 1.82) is 0 Å². The lowest BCUT2D eigenvalue weighted by molar-refractivity contribution is 0.0955. The van der Waals surface area contributed by atoms with E-state index in [2.05, 4.69) is 33.4 Å². The van der Waals surface area contributed by atoms with Crippen LogP contribution in [0, 0.1) is 0 Å². The highest BCUT2D eigenvalue weighted by atomic mass is 79.9.